The van der Waals surface area contributed by atoms with Crippen LogP contribution in [0, 0.1) is 0 Å². The first-order valence-electron chi connectivity index (χ1n) is 5.21. The van der Waals surface area contributed by atoms with E-state index in [2.05, 4.69) is 21.6 Å². The van der Waals surface area contributed by atoms with E-state index >= 15 is 0 Å². The topological polar surface area (TPSA) is 37.8 Å². The predicted molar refractivity (Wildman–Crippen MR) is 63.0 cm³/mol. The van der Waals surface area contributed by atoms with Crippen LogP contribution < -0.4 is 5.32 Å². The second-order valence-corrected chi connectivity index (χ2v) is 4.04. The van der Waals surface area contributed by atoms with Gasteiger partial charge in [-0.15, -0.1) is 10.2 Å². The van der Waals surface area contributed by atoms with Crippen LogP contribution in [-0.2, 0) is 0 Å². The Morgan fingerprint density at radius 3 is 2.87 bits per heavy atom. The fourth-order valence-electron chi connectivity index (χ4n) is 1.88. The van der Waals surface area contributed by atoms with Gasteiger partial charge in [0.1, 0.15) is 0 Å². The van der Waals surface area contributed by atoms with Gasteiger partial charge < -0.3 is 5.32 Å². The summed E-state index contributed by atoms with van der Waals surface area (Å²) < 4.78 is 0. The number of anilines is 1. The second-order valence-electron chi connectivity index (χ2n) is 3.65. The van der Waals surface area contributed by atoms with E-state index in [1.165, 1.54) is 18.4 Å². The Hall–Kier alpha value is -1.09. The molecule has 2 rings (SSSR count). The Bertz CT molecular complexity index is 387. The van der Waals surface area contributed by atoms with Gasteiger partial charge in [-0.05, 0) is 37.3 Å². The van der Waals surface area contributed by atoms with Gasteiger partial charge in [0.05, 0.1) is 0 Å². The lowest BCUT2D eigenvalue weighted by Gasteiger charge is -2.15. The van der Waals surface area contributed by atoms with Crippen LogP contribution in [-0.4, -0.2) is 17.2 Å². The Kier molecular flexibility index (Phi) is 3.21. The molecule has 80 valence electrons. The molecule has 0 aliphatic heterocycles. The van der Waals surface area contributed by atoms with E-state index in [1.807, 2.05) is 13.1 Å². The van der Waals surface area contributed by atoms with E-state index in [-0.39, 0.29) is 0 Å². The lowest BCUT2D eigenvalue weighted by atomic mass is 9.94. The molecule has 1 aromatic heterocycles. The molecule has 1 aliphatic rings. The second kappa shape index (κ2) is 4.62. The fraction of sp³-hybridized carbons (Fsp3) is 0.455. The van der Waals surface area contributed by atoms with Crippen molar-refractivity contribution in [2.75, 3.05) is 12.4 Å². The molecular weight excluding hydrogens is 210 g/mol. The molecule has 0 saturated carbocycles. The molecule has 0 radical (unpaired) electrons. The van der Waals surface area contributed by atoms with Gasteiger partial charge >= 0.3 is 0 Å². The van der Waals surface area contributed by atoms with Crippen LogP contribution in [0.1, 0.15) is 31.2 Å². The zero-order chi connectivity index (χ0) is 10.7. The number of halogens is 1. The maximum absolute atomic E-state index is 5.86. The number of aromatic nitrogens is 2. The van der Waals surface area contributed by atoms with Crippen molar-refractivity contribution < 1.29 is 0 Å². The SMILES string of the molecule is CNc1nnc(Cl)cc1C1=CCCCC1. The number of hydrogen-bond donors (Lipinski definition) is 1. The van der Waals surface area contributed by atoms with Crippen molar-refractivity contribution >= 4 is 23.0 Å². The van der Waals surface area contributed by atoms with Crippen molar-refractivity contribution in [2.45, 2.75) is 25.7 Å². The summed E-state index contributed by atoms with van der Waals surface area (Å²) in [4.78, 5) is 0. The number of nitrogens with one attached hydrogen (secondary N) is 1. The summed E-state index contributed by atoms with van der Waals surface area (Å²) in [5.41, 5.74) is 2.43. The molecule has 0 atom stereocenters. The van der Waals surface area contributed by atoms with Crippen molar-refractivity contribution in [1.82, 2.24) is 10.2 Å². The molecule has 1 aliphatic carbocycles. The number of allylic oxidation sites excluding steroid dienone is 2. The van der Waals surface area contributed by atoms with Crippen molar-refractivity contribution in [3.63, 3.8) is 0 Å². The molecule has 4 heteroatoms. The third-order valence-electron chi connectivity index (χ3n) is 2.64. The molecule has 0 fully saturated rings. The molecule has 0 spiro atoms. The van der Waals surface area contributed by atoms with Crippen molar-refractivity contribution in [3.8, 4) is 0 Å². The fourth-order valence-corrected chi connectivity index (χ4v) is 2.03. The van der Waals surface area contributed by atoms with Crippen LogP contribution in [0.2, 0.25) is 5.15 Å². The minimum atomic E-state index is 0.454. The van der Waals surface area contributed by atoms with Crippen LogP contribution in [0.15, 0.2) is 12.1 Å². The maximum atomic E-state index is 5.86. The largest absolute Gasteiger partial charge is 0.371 e. The zero-order valence-electron chi connectivity index (χ0n) is 8.76. The van der Waals surface area contributed by atoms with E-state index in [4.69, 9.17) is 11.6 Å². The third-order valence-corrected chi connectivity index (χ3v) is 2.82. The molecular formula is C11H14ClN3. The van der Waals surface area contributed by atoms with Crippen LogP contribution in [0.3, 0.4) is 0 Å². The standard InChI is InChI=1S/C11H14ClN3/c1-13-11-9(7-10(12)14-15-11)8-5-3-2-4-6-8/h5,7H,2-4,6H2,1H3,(H,13,15). The predicted octanol–water partition coefficient (Wildman–Crippen LogP) is 3.13. The smallest absolute Gasteiger partial charge is 0.156 e. The summed E-state index contributed by atoms with van der Waals surface area (Å²) in [5.74, 6) is 0.813. The molecule has 0 unspecified atom stereocenters. The minimum Gasteiger partial charge on any atom is -0.371 e. The van der Waals surface area contributed by atoms with Gasteiger partial charge in [-0.1, -0.05) is 17.7 Å². The number of hydrogen-bond acceptors (Lipinski definition) is 3. The van der Waals surface area contributed by atoms with Gasteiger partial charge in [-0.3, -0.25) is 0 Å². The first-order chi connectivity index (χ1) is 7.31. The molecule has 15 heavy (non-hydrogen) atoms. The molecule has 0 bridgehead atoms. The average Bonchev–Trinajstić information content (AvgIpc) is 2.30. The summed E-state index contributed by atoms with van der Waals surface area (Å²) >= 11 is 5.86. The number of rotatable bonds is 2. The van der Waals surface area contributed by atoms with E-state index in [0.717, 1.165) is 24.2 Å². The summed E-state index contributed by atoms with van der Waals surface area (Å²) in [5, 5.41) is 11.4. The lowest BCUT2D eigenvalue weighted by molar-refractivity contribution is 0.741. The van der Waals surface area contributed by atoms with E-state index in [0.29, 0.717) is 5.15 Å². The first-order valence-corrected chi connectivity index (χ1v) is 5.59. The molecule has 0 aromatic carbocycles. The van der Waals surface area contributed by atoms with Crippen molar-refractivity contribution in [1.29, 1.82) is 0 Å². The lowest BCUT2D eigenvalue weighted by Crippen LogP contribution is -2.02. The van der Waals surface area contributed by atoms with Gasteiger partial charge in [0.2, 0.25) is 0 Å². The van der Waals surface area contributed by atoms with Crippen LogP contribution in [0.25, 0.3) is 5.57 Å². The average molecular weight is 224 g/mol. The van der Waals surface area contributed by atoms with Gasteiger partial charge in [-0.25, -0.2) is 0 Å². The summed E-state index contributed by atoms with van der Waals surface area (Å²) in [6.45, 7) is 0. The highest BCUT2D eigenvalue weighted by atomic mass is 35.5. The first kappa shape index (κ1) is 10.4. The van der Waals surface area contributed by atoms with Crippen LogP contribution in [0.5, 0.6) is 0 Å². The van der Waals surface area contributed by atoms with E-state index < -0.39 is 0 Å². The van der Waals surface area contributed by atoms with E-state index in [9.17, 15) is 0 Å². The molecule has 0 amide bonds. The van der Waals surface area contributed by atoms with Gasteiger partial charge in [0.15, 0.2) is 11.0 Å². The highest BCUT2D eigenvalue weighted by Crippen LogP contribution is 2.31. The quantitative estimate of drug-likeness (QED) is 0.837. The minimum absolute atomic E-state index is 0.454. The summed E-state index contributed by atoms with van der Waals surface area (Å²) in [6, 6.07) is 1.89. The molecule has 1 aromatic rings. The van der Waals surface area contributed by atoms with Crippen molar-refractivity contribution in [3.05, 3.63) is 22.9 Å². The van der Waals surface area contributed by atoms with E-state index in [1.54, 1.807) is 0 Å². The Balaban J connectivity index is 2.40. The highest BCUT2D eigenvalue weighted by Gasteiger charge is 2.12. The van der Waals surface area contributed by atoms with Gasteiger partial charge in [-0.2, -0.15) is 0 Å². The van der Waals surface area contributed by atoms with Gasteiger partial charge in [0, 0.05) is 12.6 Å². The molecule has 3 nitrogen and oxygen atoms in total. The zero-order valence-corrected chi connectivity index (χ0v) is 9.51. The van der Waals surface area contributed by atoms with Gasteiger partial charge in [0.25, 0.3) is 0 Å². The Morgan fingerprint density at radius 2 is 2.20 bits per heavy atom. The Morgan fingerprint density at radius 1 is 1.33 bits per heavy atom. The molecule has 1 N–H and O–H groups in total. The molecule has 1 heterocycles. The van der Waals surface area contributed by atoms with Crippen molar-refractivity contribution in [2.24, 2.45) is 0 Å². The normalized spacial score (nSPS) is 16.0. The summed E-state index contributed by atoms with van der Waals surface area (Å²) in [7, 11) is 1.85. The monoisotopic (exact) mass is 223 g/mol. The van der Waals surface area contributed by atoms with Crippen LogP contribution in [0.4, 0.5) is 5.82 Å². The van der Waals surface area contributed by atoms with Crippen LogP contribution >= 0.6 is 11.6 Å². The maximum Gasteiger partial charge on any atom is 0.156 e. The Labute approximate surface area is 94.6 Å². The third kappa shape index (κ3) is 2.29. The summed E-state index contributed by atoms with van der Waals surface area (Å²) in [6.07, 6.45) is 7.06. The molecule has 0 saturated heterocycles. The highest BCUT2D eigenvalue weighted by molar-refractivity contribution is 6.29. The number of nitrogens with zero attached hydrogens (tertiary/aromatic N) is 2.